The molecule has 2 aromatic carbocycles. The van der Waals surface area contributed by atoms with E-state index in [1.165, 1.54) is 18.1 Å². The Balaban J connectivity index is 1.69. The number of carbonyl (C=O) groups excluding carboxylic acids is 1. The molecule has 3 rings (SSSR count). The number of para-hydroxylation sites is 1. The third-order valence-corrected chi connectivity index (χ3v) is 4.03. The second kappa shape index (κ2) is 7.85. The third kappa shape index (κ3) is 4.50. The van der Waals surface area contributed by atoms with E-state index in [-0.39, 0.29) is 11.7 Å². The van der Waals surface area contributed by atoms with Gasteiger partial charge in [-0.05, 0) is 30.3 Å². The number of carbonyl (C=O) groups is 1. The molecule has 0 saturated heterocycles. The first kappa shape index (κ1) is 16.4. The lowest BCUT2D eigenvalue weighted by molar-refractivity contribution is -0.113. The third-order valence-electron chi connectivity index (χ3n) is 2.92. The van der Waals surface area contributed by atoms with Crippen molar-refractivity contribution < 1.29 is 9.53 Å². The maximum atomic E-state index is 12.1. The smallest absolute Gasteiger partial charge is 0.234 e. The van der Waals surface area contributed by atoms with Crippen LogP contribution in [0.5, 0.6) is 11.5 Å². The molecule has 2 N–H and O–H groups in total. The number of benzene rings is 2. The molecule has 8 heteroatoms. The van der Waals surface area contributed by atoms with Crippen molar-refractivity contribution in [2.75, 3.05) is 11.1 Å². The van der Waals surface area contributed by atoms with E-state index >= 15 is 0 Å². The molecular weight excluding hydrogens is 348 g/mol. The Morgan fingerprint density at radius 3 is 2.83 bits per heavy atom. The molecule has 0 spiro atoms. The number of aromatic nitrogens is 3. The summed E-state index contributed by atoms with van der Waals surface area (Å²) in [6.07, 6.45) is 1.39. The number of halogens is 1. The van der Waals surface area contributed by atoms with Crippen LogP contribution in [0.15, 0.2) is 60.0 Å². The van der Waals surface area contributed by atoms with E-state index in [1.807, 2.05) is 30.3 Å². The Hall–Kier alpha value is -2.51. The lowest BCUT2D eigenvalue weighted by Gasteiger charge is -2.12. The van der Waals surface area contributed by atoms with Crippen molar-refractivity contribution in [2.24, 2.45) is 0 Å². The van der Waals surface area contributed by atoms with Gasteiger partial charge >= 0.3 is 0 Å². The van der Waals surface area contributed by atoms with E-state index in [9.17, 15) is 4.79 Å². The van der Waals surface area contributed by atoms with E-state index in [2.05, 4.69) is 20.5 Å². The van der Waals surface area contributed by atoms with Crippen molar-refractivity contribution in [3.05, 3.63) is 59.9 Å². The summed E-state index contributed by atoms with van der Waals surface area (Å²) in [5.41, 5.74) is 0.509. The van der Waals surface area contributed by atoms with Crippen LogP contribution in [0, 0.1) is 0 Å². The number of thioether (sulfide) groups is 1. The number of rotatable bonds is 6. The zero-order valence-electron chi connectivity index (χ0n) is 12.4. The number of nitrogens with zero attached hydrogens (tertiary/aromatic N) is 2. The van der Waals surface area contributed by atoms with E-state index in [0.717, 1.165) is 0 Å². The molecule has 1 aromatic heterocycles. The molecule has 1 heterocycles. The van der Waals surface area contributed by atoms with Gasteiger partial charge in [0.2, 0.25) is 5.91 Å². The molecule has 0 aliphatic rings. The van der Waals surface area contributed by atoms with Crippen LogP contribution in [0.25, 0.3) is 0 Å². The molecule has 0 saturated carbocycles. The maximum absolute atomic E-state index is 12.1. The molecule has 0 radical (unpaired) electrons. The SMILES string of the molecule is O=C(CSc1ncn[nH]1)Nc1cc(Cl)ccc1Oc1ccccc1. The number of amides is 1. The molecule has 0 fully saturated rings. The van der Waals surface area contributed by atoms with E-state index in [4.69, 9.17) is 16.3 Å². The number of nitrogens with one attached hydrogen (secondary N) is 2. The largest absolute Gasteiger partial charge is 0.455 e. The summed E-state index contributed by atoms with van der Waals surface area (Å²) in [7, 11) is 0. The Kier molecular flexibility index (Phi) is 5.35. The van der Waals surface area contributed by atoms with Gasteiger partial charge in [0.15, 0.2) is 10.9 Å². The summed E-state index contributed by atoms with van der Waals surface area (Å²) in [6, 6.07) is 14.4. The molecule has 0 unspecified atom stereocenters. The molecule has 24 heavy (non-hydrogen) atoms. The highest BCUT2D eigenvalue weighted by molar-refractivity contribution is 7.99. The van der Waals surface area contributed by atoms with Gasteiger partial charge in [-0.2, -0.15) is 5.10 Å². The summed E-state index contributed by atoms with van der Waals surface area (Å²) in [5.74, 6) is 1.18. The first-order chi connectivity index (χ1) is 11.7. The van der Waals surface area contributed by atoms with Crippen LogP contribution in [0.3, 0.4) is 0 Å². The highest BCUT2D eigenvalue weighted by Crippen LogP contribution is 2.32. The van der Waals surface area contributed by atoms with Gasteiger partial charge in [0.05, 0.1) is 11.4 Å². The topological polar surface area (TPSA) is 79.9 Å². The predicted octanol–water partition coefficient (Wildman–Crippen LogP) is 3.98. The zero-order valence-corrected chi connectivity index (χ0v) is 14.0. The van der Waals surface area contributed by atoms with E-state index < -0.39 is 0 Å². The minimum atomic E-state index is -0.198. The molecule has 3 aromatic rings. The van der Waals surface area contributed by atoms with Crippen LogP contribution >= 0.6 is 23.4 Å². The van der Waals surface area contributed by atoms with Gasteiger partial charge in [-0.15, -0.1) is 0 Å². The highest BCUT2D eigenvalue weighted by Gasteiger charge is 2.11. The van der Waals surface area contributed by atoms with Gasteiger partial charge in [-0.25, -0.2) is 4.98 Å². The van der Waals surface area contributed by atoms with Crippen molar-refractivity contribution >= 4 is 35.0 Å². The van der Waals surface area contributed by atoms with Crippen molar-refractivity contribution in [1.82, 2.24) is 15.2 Å². The Morgan fingerprint density at radius 1 is 1.25 bits per heavy atom. The van der Waals surface area contributed by atoms with E-state index in [0.29, 0.717) is 27.4 Å². The number of hydrogen-bond acceptors (Lipinski definition) is 5. The minimum absolute atomic E-state index is 0.187. The lowest BCUT2D eigenvalue weighted by atomic mass is 10.3. The average Bonchev–Trinajstić information content (AvgIpc) is 3.10. The number of hydrogen-bond donors (Lipinski definition) is 2. The fraction of sp³-hybridized carbons (Fsp3) is 0.0625. The standard InChI is InChI=1S/C16H13ClN4O2S/c17-11-6-7-14(23-12-4-2-1-3-5-12)13(8-11)20-15(22)9-24-16-18-10-19-21-16/h1-8,10H,9H2,(H,20,22)(H,18,19,21). The average molecular weight is 361 g/mol. The number of ether oxygens (including phenoxy) is 1. The second-order valence-corrected chi connectivity index (χ2v) is 6.08. The van der Waals surface area contributed by atoms with Crippen molar-refractivity contribution in [3.8, 4) is 11.5 Å². The van der Waals surface area contributed by atoms with E-state index in [1.54, 1.807) is 18.2 Å². The van der Waals surface area contributed by atoms with Crippen LogP contribution < -0.4 is 10.1 Å². The zero-order chi connectivity index (χ0) is 16.8. The van der Waals surface area contributed by atoms with Gasteiger partial charge in [0.25, 0.3) is 0 Å². The number of anilines is 1. The summed E-state index contributed by atoms with van der Waals surface area (Å²) in [4.78, 5) is 16.1. The highest BCUT2D eigenvalue weighted by atomic mass is 35.5. The Morgan fingerprint density at radius 2 is 2.08 bits per heavy atom. The molecule has 0 aliphatic carbocycles. The van der Waals surface area contributed by atoms with Gasteiger partial charge in [-0.1, -0.05) is 41.6 Å². The molecular formula is C16H13ClN4O2S. The van der Waals surface area contributed by atoms with Crippen LogP contribution in [0.4, 0.5) is 5.69 Å². The number of H-pyrrole nitrogens is 1. The number of aromatic amines is 1. The molecule has 122 valence electrons. The summed E-state index contributed by atoms with van der Waals surface area (Å²) in [6.45, 7) is 0. The molecule has 1 amide bonds. The lowest BCUT2D eigenvalue weighted by Crippen LogP contribution is -2.14. The van der Waals surface area contributed by atoms with Crippen LogP contribution in [-0.4, -0.2) is 26.8 Å². The van der Waals surface area contributed by atoms with Gasteiger partial charge < -0.3 is 10.1 Å². The molecule has 0 atom stereocenters. The Labute approximate surface area is 147 Å². The second-order valence-electron chi connectivity index (χ2n) is 4.68. The van der Waals surface area contributed by atoms with Crippen LogP contribution in [0.2, 0.25) is 5.02 Å². The quantitative estimate of drug-likeness (QED) is 0.650. The molecule has 0 bridgehead atoms. The maximum Gasteiger partial charge on any atom is 0.234 e. The minimum Gasteiger partial charge on any atom is -0.455 e. The first-order valence-electron chi connectivity index (χ1n) is 7.01. The Bertz CT molecular complexity index is 812. The van der Waals surface area contributed by atoms with Crippen LogP contribution in [0.1, 0.15) is 0 Å². The molecule has 0 aliphatic heterocycles. The summed E-state index contributed by atoms with van der Waals surface area (Å²) >= 11 is 7.28. The van der Waals surface area contributed by atoms with Crippen molar-refractivity contribution in [3.63, 3.8) is 0 Å². The summed E-state index contributed by atoms with van der Waals surface area (Å²) < 4.78 is 5.81. The predicted molar refractivity (Wildman–Crippen MR) is 93.7 cm³/mol. The first-order valence-corrected chi connectivity index (χ1v) is 8.37. The van der Waals surface area contributed by atoms with Gasteiger partial charge in [0.1, 0.15) is 12.1 Å². The fourth-order valence-electron chi connectivity index (χ4n) is 1.89. The normalized spacial score (nSPS) is 10.4. The molecule has 6 nitrogen and oxygen atoms in total. The van der Waals surface area contributed by atoms with Gasteiger partial charge in [-0.3, -0.25) is 9.89 Å². The van der Waals surface area contributed by atoms with Gasteiger partial charge in [0, 0.05) is 5.02 Å². The van der Waals surface area contributed by atoms with Crippen molar-refractivity contribution in [1.29, 1.82) is 0 Å². The summed E-state index contributed by atoms with van der Waals surface area (Å²) in [5, 5.41) is 10.3. The fourth-order valence-corrected chi connectivity index (χ4v) is 2.64. The monoisotopic (exact) mass is 360 g/mol. The van der Waals surface area contributed by atoms with Crippen LogP contribution in [-0.2, 0) is 4.79 Å². The van der Waals surface area contributed by atoms with Crippen molar-refractivity contribution in [2.45, 2.75) is 5.16 Å².